The summed E-state index contributed by atoms with van der Waals surface area (Å²) in [6, 6.07) is 6.22. The van der Waals surface area contributed by atoms with Crippen molar-refractivity contribution in [1.82, 2.24) is 0 Å². The minimum Gasteiger partial charge on any atom is -0.207 e. The van der Waals surface area contributed by atoms with Gasteiger partial charge in [-0.1, -0.05) is 12.1 Å². The predicted octanol–water partition coefficient (Wildman–Crippen LogP) is 2.35. The first-order chi connectivity index (χ1) is 5.54. The van der Waals surface area contributed by atoms with E-state index < -0.39 is 9.05 Å². The number of hydrogen-bond donors (Lipinski definition) is 0. The first-order valence-electron chi connectivity index (χ1n) is 3.13. The van der Waals surface area contributed by atoms with Gasteiger partial charge in [-0.05, 0) is 17.7 Å². The van der Waals surface area contributed by atoms with Crippen LogP contribution in [0.4, 0.5) is 0 Å². The Morgan fingerprint density at radius 1 is 1.33 bits per heavy atom. The first kappa shape index (κ1) is 9.84. The van der Waals surface area contributed by atoms with Crippen molar-refractivity contribution < 1.29 is 8.42 Å². The topological polar surface area (TPSA) is 34.1 Å². The number of alkyl halides is 1. The van der Waals surface area contributed by atoms with E-state index in [9.17, 15) is 8.42 Å². The van der Waals surface area contributed by atoms with Gasteiger partial charge in [-0.15, -0.1) is 11.6 Å². The molecule has 0 aliphatic heterocycles. The molecule has 0 unspecified atom stereocenters. The highest BCUT2D eigenvalue weighted by atomic mass is 35.7. The van der Waals surface area contributed by atoms with E-state index in [0.29, 0.717) is 0 Å². The van der Waals surface area contributed by atoms with Crippen LogP contribution in [0.15, 0.2) is 29.2 Å². The van der Waals surface area contributed by atoms with Crippen molar-refractivity contribution in [3.8, 4) is 0 Å². The Morgan fingerprint density at radius 3 is 2.50 bits per heavy atom. The van der Waals surface area contributed by atoms with Crippen LogP contribution in [0.5, 0.6) is 0 Å². The van der Waals surface area contributed by atoms with Crippen molar-refractivity contribution >= 4 is 31.3 Å². The zero-order chi connectivity index (χ0) is 9.19. The molecule has 0 amide bonds. The zero-order valence-electron chi connectivity index (χ0n) is 6.00. The van der Waals surface area contributed by atoms with Gasteiger partial charge in [-0.2, -0.15) is 0 Å². The van der Waals surface area contributed by atoms with Crippen molar-refractivity contribution in [1.29, 1.82) is 0 Å². The lowest BCUT2D eigenvalue weighted by molar-refractivity contribution is 0.609. The molecular formula is C7H6Cl2O2S. The van der Waals surface area contributed by atoms with E-state index in [1.807, 2.05) is 0 Å². The minimum atomic E-state index is -3.62. The molecule has 0 N–H and O–H groups in total. The monoisotopic (exact) mass is 224 g/mol. The smallest absolute Gasteiger partial charge is 0.207 e. The molecule has 5 heteroatoms. The lowest BCUT2D eigenvalue weighted by Crippen LogP contribution is -1.91. The fourth-order valence-corrected chi connectivity index (χ4v) is 1.77. The maximum Gasteiger partial charge on any atom is 0.261 e. The fourth-order valence-electron chi connectivity index (χ4n) is 0.780. The molecule has 66 valence electrons. The molecule has 0 heterocycles. The molecular weight excluding hydrogens is 219 g/mol. The van der Waals surface area contributed by atoms with Crippen LogP contribution in [-0.4, -0.2) is 8.42 Å². The van der Waals surface area contributed by atoms with Gasteiger partial charge in [0.15, 0.2) is 0 Å². The summed E-state index contributed by atoms with van der Waals surface area (Å²) in [7, 11) is 1.49. The second-order valence-electron chi connectivity index (χ2n) is 2.22. The van der Waals surface area contributed by atoms with Gasteiger partial charge < -0.3 is 0 Å². The highest BCUT2D eigenvalue weighted by molar-refractivity contribution is 8.13. The molecule has 0 radical (unpaired) electrons. The lowest BCUT2D eigenvalue weighted by Gasteiger charge is -1.97. The summed E-state index contributed by atoms with van der Waals surface area (Å²) in [6.45, 7) is 0. The lowest BCUT2D eigenvalue weighted by atomic mass is 10.2. The van der Waals surface area contributed by atoms with Gasteiger partial charge in [0, 0.05) is 16.6 Å². The molecule has 0 aliphatic carbocycles. The van der Waals surface area contributed by atoms with E-state index in [1.165, 1.54) is 12.1 Å². The van der Waals surface area contributed by atoms with E-state index in [1.54, 1.807) is 12.1 Å². The van der Waals surface area contributed by atoms with Crippen LogP contribution in [0.2, 0.25) is 0 Å². The Hall–Kier alpha value is -0.250. The van der Waals surface area contributed by atoms with E-state index >= 15 is 0 Å². The summed E-state index contributed by atoms with van der Waals surface area (Å²) in [4.78, 5) is 0.0855. The van der Waals surface area contributed by atoms with E-state index in [-0.39, 0.29) is 10.8 Å². The highest BCUT2D eigenvalue weighted by Gasteiger charge is 2.09. The molecule has 0 atom stereocenters. The van der Waals surface area contributed by atoms with Gasteiger partial charge in [0.1, 0.15) is 0 Å². The molecule has 0 aliphatic rings. The number of rotatable bonds is 2. The summed E-state index contributed by atoms with van der Waals surface area (Å²) in [5.74, 6) is 0.278. The first-order valence-corrected chi connectivity index (χ1v) is 5.98. The van der Waals surface area contributed by atoms with Gasteiger partial charge in [0.05, 0.1) is 4.90 Å². The summed E-state index contributed by atoms with van der Waals surface area (Å²) < 4.78 is 21.6. The summed E-state index contributed by atoms with van der Waals surface area (Å²) >= 11 is 5.51. The van der Waals surface area contributed by atoms with Crippen LogP contribution in [0.3, 0.4) is 0 Å². The molecule has 0 spiro atoms. The minimum absolute atomic E-state index is 0.0855. The van der Waals surface area contributed by atoms with Crippen molar-refractivity contribution in [2.75, 3.05) is 0 Å². The number of halogens is 2. The van der Waals surface area contributed by atoms with Gasteiger partial charge in [0.2, 0.25) is 0 Å². The Kier molecular flexibility index (Phi) is 2.99. The SMILES string of the molecule is O=S(=O)(Cl)c1cccc(CCl)c1. The van der Waals surface area contributed by atoms with E-state index in [0.717, 1.165) is 5.56 Å². The maximum absolute atomic E-state index is 10.8. The Labute approximate surface area is 80.5 Å². The molecule has 12 heavy (non-hydrogen) atoms. The Balaban J connectivity index is 3.20. The molecule has 1 aromatic carbocycles. The predicted molar refractivity (Wildman–Crippen MR) is 49.0 cm³/mol. The molecule has 0 saturated carbocycles. The van der Waals surface area contributed by atoms with E-state index in [2.05, 4.69) is 0 Å². The van der Waals surface area contributed by atoms with Crippen LogP contribution >= 0.6 is 22.3 Å². The summed E-state index contributed by atoms with van der Waals surface area (Å²) in [5, 5.41) is 0. The number of benzene rings is 1. The second kappa shape index (κ2) is 3.64. The standard InChI is InChI=1S/C7H6Cl2O2S/c8-5-6-2-1-3-7(4-6)12(9,10)11/h1-4H,5H2. The summed E-state index contributed by atoms with van der Waals surface area (Å²) in [5.41, 5.74) is 0.735. The van der Waals surface area contributed by atoms with Crippen LogP contribution in [0, 0.1) is 0 Å². The molecule has 1 aromatic rings. The third kappa shape index (κ3) is 2.37. The molecule has 1 rings (SSSR count). The van der Waals surface area contributed by atoms with Crippen LogP contribution in [-0.2, 0) is 14.9 Å². The van der Waals surface area contributed by atoms with Crippen LogP contribution in [0.1, 0.15) is 5.56 Å². The average Bonchev–Trinajstić information content (AvgIpc) is 2.03. The third-order valence-electron chi connectivity index (χ3n) is 1.33. The fraction of sp³-hybridized carbons (Fsp3) is 0.143. The Morgan fingerprint density at radius 2 is 2.00 bits per heavy atom. The number of hydrogen-bond acceptors (Lipinski definition) is 2. The summed E-state index contributed by atoms with van der Waals surface area (Å²) in [6.07, 6.45) is 0. The zero-order valence-corrected chi connectivity index (χ0v) is 8.33. The molecule has 2 nitrogen and oxygen atoms in total. The average molecular weight is 225 g/mol. The molecule has 0 aromatic heterocycles. The van der Waals surface area contributed by atoms with Gasteiger partial charge >= 0.3 is 0 Å². The largest absolute Gasteiger partial charge is 0.261 e. The van der Waals surface area contributed by atoms with Crippen LogP contribution < -0.4 is 0 Å². The van der Waals surface area contributed by atoms with Crippen molar-refractivity contribution in [2.45, 2.75) is 10.8 Å². The molecule has 0 fully saturated rings. The highest BCUT2D eigenvalue weighted by Crippen LogP contribution is 2.16. The van der Waals surface area contributed by atoms with Crippen molar-refractivity contribution in [2.24, 2.45) is 0 Å². The van der Waals surface area contributed by atoms with Gasteiger partial charge in [0.25, 0.3) is 9.05 Å². The Bertz CT molecular complexity index is 373. The van der Waals surface area contributed by atoms with Crippen molar-refractivity contribution in [3.05, 3.63) is 29.8 Å². The van der Waals surface area contributed by atoms with Gasteiger partial charge in [-0.3, -0.25) is 0 Å². The molecule has 0 bridgehead atoms. The maximum atomic E-state index is 10.8. The third-order valence-corrected chi connectivity index (χ3v) is 2.99. The van der Waals surface area contributed by atoms with Gasteiger partial charge in [-0.25, -0.2) is 8.42 Å². The van der Waals surface area contributed by atoms with E-state index in [4.69, 9.17) is 22.3 Å². The molecule has 0 saturated heterocycles. The van der Waals surface area contributed by atoms with Crippen molar-refractivity contribution in [3.63, 3.8) is 0 Å². The second-order valence-corrected chi connectivity index (χ2v) is 5.05. The normalized spacial score (nSPS) is 11.5. The van der Waals surface area contributed by atoms with Crippen LogP contribution in [0.25, 0.3) is 0 Å². The quantitative estimate of drug-likeness (QED) is 0.571.